The zero-order valence-electron chi connectivity index (χ0n) is 9.46. The van der Waals surface area contributed by atoms with Gasteiger partial charge in [-0.1, -0.05) is 6.07 Å². The van der Waals surface area contributed by atoms with E-state index in [4.69, 9.17) is 5.73 Å². The highest BCUT2D eigenvalue weighted by Crippen LogP contribution is 2.28. The average Bonchev–Trinajstić information content (AvgIpc) is 2.25. The van der Waals surface area contributed by atoms with Crippen LogP contribution in [0.3, 0.4) is 0 Å². The minimum atomic E-state index is -0.700. The van der Waals surface area contributed by atoms with Crippen LogP contribution in [-0.4, -0.2) is 9.97 Å². The van der Waals surface area contributed by atoms with Gasteiger partial charge in [-0.25, -0.2) is 18.7 Å². The molecule has 0 saturated carbocycles. The second kappa shape index (κ2) is 4.08. The zero-order chi connectivity index (χ0) is 12.6. The van der Waals surface area contributed by atoms with Crippen LogP contribution in [0.4, 0.5) is 14.6 Å². The number of nitrogens with zero attached hydrogens (tertiary/aromatic N) is 2. The van der Waals surface area contributed by atoms with Gasteiger partial charge in [0.05, 0.1) is 17.0 Å². The number of anilines is 1. The highest BCUT2D eigenvalue weighted by molar-refractivity contribution is 5.71. The molecule has 2 aromatic rings. The summed E-state index contributed by atoms with van der Waals surface area (Å²) >= 11 is 0. The average molecular weight is 235 g/mol. The van der Waals surface area contributed by atoms with Gasteiger partial charge in [0, 0.05) is 0 Å². The molecule has 3 nitrogen and oxygen atoms in total. The normalized spacial score (nSPS) is 10.6. The molecule has 1 aromatic carbocycles. The predicted molar refractivity (Wildman–Crippen MR) is 61.3 cm³/mol. The van der Waals surface area contributed by atoms with Crippen molar-refractivity contribution in [2.24, 2.45) is 0 Å². The Balaban J connectivity index is 2.73. The summed E-state index contributed by atoms with van der Waals surface area (Å²) in [5.41, 5.74) is 6.70. The van der Waals surface area contributed by atoms with E-state index in [1.54, 1.807) is 13.8 Å². The fraction of sp³-hybridized carbons (Fsp3) is 0.167. The lowest BCUT2D eigenvalue weighted by molar-refractivity contribution is 0.588. The number of hydrogen-bond donors (Lipinski definition) is 1. The first-order chi connectivity index (χ1) is 8.00. The number of aryl methyl sites for hydroxylation is 2. The largest absolute Gasteiger partial charge is 0.382 e. The van der Waals surface area contributed by atoms with E-state index in [2.05, 4.69) is 9.97 Å². The molecular weight excluding hydrogens is 224 g/mol. The minimum Gasteiger partial charge on any atom is -0.382 e. The van der Waals surface area contributed by atoms with E-state index in [-0.39, 0.29) is 17.1 Å². The summed E-state index contributed by atoms with van der Waals surface area (Å²) in [6.07, 6.45) is 0. The third-order valence-corrected chi connectivity index (χ3v) is 2.53. The molecule has 0 fully saturated rings. The molecule has 0 aliphatic heterocycles. The van der Waals surface area contributed by atoms with Crippen molar-refractivity contribution < 1.29 is 8.78 Å². The molecule has 17 heavy (non-hydrogen) atoms. The minimum absolute atomic E-state index is 0.0251. The molecule has 0 spiro atoms. The molecule has 0 bridgehead atoms. The summed E-state index contributed by atoms with van der Waals surface area (Å²) in [7, 11) is 0. The Morgan fingerprint density at radius 3 is 2.12 bits per heavy atom. The Morgan fingerprint density at radius 2 is 1.53 bits per heavy atom. The van der Waals surface area contributed by atoms with Gasteiger partial charge in [0.1, 0.15) is 17.3 Å². The second-order valence-corrected chi connectivity index (χ2v) is 3.72. The van der Waals surface area contributed by atoms with Crippen LogP contribution in [0.2, 0.25) is 0 Å². The fourth-order valence-corrected chi connectivity index (χ4v) is 1.53. The number of nitrogens with two attached hydrogens (primary N) is 1. The van der Waals surface area contributed by atoms with Crippen molar-refractivity contribution in [1.82, 2.24) is 9.97 Å². The van der Waals surface area contributed by atoms with E-state index in [0.717, 1.165) is 12.1 Å². The van der Waals surface area contributed by atoms with Gasteiger partial charge in [-0.3, -0.25) is 0 Å². The van der Waals surface area contributed by atoms with Gasteiger partial charge in [-0.05, 0) is 26.0 Å². The van der Waals surface area contributed by atoms with E-state index in [9.17, 15) is 8.78 Å². The summed E-state index contributed by atoms with van der Waals surface area (Å²) < 4.78 is 27.2. The molecular formula is C12H11F2N3. The second-order valence-electron chi connectivity index (χ2n) is 3.72. The molecule has 0 saturated heterocycles. The molecule has 0 aliphatic carbocycles. The maximum Gasteiger partial charge on any atom is 0.150 e. The third kappa shape index (κ3) is 1.95. The Kier molecular flexibility index (Phi) is 2.75. The van der Waals surface area contributed by atoms with Gasteiger partial charge < -0.3 is 5.73 Å². The molecule has 88 valence electrons. The van der Waals surface area contributed by atoms with Crippen molar-refractivity contribution in [3.63, 3.8) is 0 Å². The molecule has 0 unspecified atom stereocenters. The monoisotopic (exact) mass is 235 g/mol. The van der Waals surface area contributed by atoms with Crippen LogP contribution < -0.4 is 5.73 Å². The lowest BCUT2D eigenvalue weighted by Crippen LogP contribution is -2.04. The SMILES string of the molecule is Cc1nc(N)c(-c2c(F)cccc2F)nc1C. The Bertz CT molecular complexity index is 562. The fourth-order valence-electron chi connectivity index (χ4n) is 1.53. The summed E-state index contributed by atoms with van der Waals surface area (Å²) in [6, 6.07) is 3.61. The summed E-state index contributed by atoms with van der Waals surface area (Å²) in [6.45, 7) is 3.45. The predicted octanol–water partition coefficient (Wildman–Crippen LogP) is 2.62. The molecule has 5 heteroatoms. The maximum absolute atomic E-state index is 13.6. The Labute approximate surface area is 97.3 Å². The molecule has 0 atom stereocenters. The Hall–Kier alpha value is -2.04. The van der Waals surface area contributed by atoms with Crippen LogP contribution in [0, 0.1) is 25.5 Å². The number of hydrogen-bond acceptors (Lipinski definition) is 3. The highest BCUT2D eigenvalue weighted by Gasteiger charge is 2.17. The van der Waals surface area contributed by atoms with Crippen molar-refractivity contribution in [3.05, 3.63) is 41.2 Å². The molecule has 0 aliphatic rings. The Morgan fingerprint density at radius 1 is 1.00 bits per heavy atom. The van der Waals surface area contributed by atoms with E-state index < -0.39 is 11.6 Å². The van der Waals surface area contributed by atoms with E-state index >= 15 is 0 Å². The van der Waals surface area contributed by atoms with E-state index in [0.29, 0.717) is 11.4 Å². The lowest BCUT2D eigenvalue weighted by atomic mass is 10.1. The number of aromatic nitrogens is 2. The van der Waals surface area contributed by atoms with Gasteiger partial charge in [0.25, 0.3) is 0 Å². The first-order valence-electron chi connectivity index (χ1n) is 5.06. The van der Waals surface area contributed by atoms with Gasteiger partial charge in [0.2, 0.25) is 0 Å². The lowest BCUT2D eigenvalue weighted by Gasteiger charge is -2.09. The number of benzene rings is 1. The number of halogens is 2. The van der Waals surface area contributed by atoms with Crippen LogP contribution >= 0.6 is 0 Å². The zero-order valence-corrected chi connectivity index (χ0v) is 9.46. The van der Waals surface area contributed by atoms with Gasteiger partial charge in [0.15, 0.2) is 5.82 Å². The molecule has 1 heterocycles. The molecule has 0 radical (unpaired) electrons. The maximum atomic E-state index is 13.6. The van der Waals surface area contributed by atoms with Crippen LogP contribution in [0.5, 0.6) is 0 Å². The smallest absolute Gasteiger partial charge is 0.150 e. The molecule has 2 rings (SSSR count). The first kappa shape index (κ1) is 11.4. The molecule has 2 N–H and O–H groups in total. The number of nitrogen functional groups attached to an aromatic ring is 1. The van der Waals surface area contributed by atoms with Crippen LogP contribution in [0.1, 0.15) is 11.4 Å². The summed E-state index contributed by atoms with van der Waals surface area (Å²) in [5, 5.41) is 0. The van der Waals surface area contributed by atoms with Crippen molar-refractivity contribution in [3.8, 4) is 11.3 Å². The third-order valence-electron chi connectivity index (χ3n) is 2.53. The van der Waals surface area contributed by atoms with Crippen LogP contribution in [-0.2, 0) is 0 Å². The summed E-state index contributed by atoms with van der Waals surface area (Å²) in [5.74, 6) is -1.37. The van der Waals surface area contributed by atoms with Crippen molar-refractivity contribution >= 4 is 5.82 Å². The number of rotatable bonds is 1. The standard InChI is InChI=1S/C12H11F2N3/c1-6-7(2)17-12(15)11(16-6)10-8(13)4-3-5-9(10)14/h3-5H,1-2H3,(H2,15,17). The van der Waals surface area contributed by atoms with E-state index in [1.165, 1.54) is 6.07 Å². The van der Waals surface area contributed by atoms with Crippen LogP contribution in [0.15, 0.2) is 18.2 Å². The van der Waals surface area contributed by atoms with Crippen molar-refractivity contribution in [2.75, 3.05) is 5.73 Å². The first-order valence-corrected chi connectivity index (χ1v) is 5.06. The quantitative estimate of drug-likeness (QED) is 0.826. The van der Waals surface area contributed by atoms with Gasteiger partial charge >= 0.3 is 0 Å². The molecule has 1 aromatic heterocycles. The van der Waals surface area contributed by atoms with Gasteiger partial charge in [-0.15, -0.1) is 0 Å². The van der Waals surface area contributed by atoms with Crippen molar-refractivity contribution in [2.45, 2.75) is 13.8 Å². The highest BCUT2D eigenvalue weighted by atomic mass is 19.1. The molecule has 0 amide bonds. The summed E-state index contributed by atoms with van der Waals surface area (Å²) in [4.78, 5) is 8.11. The van der Waals surface area contributed by atoms with Crippen molar-refractivity contribution in [1.29, 1.82) is 0 Å². The van der Waals surface area contributed by atoms with Gasteiger partial charge in [-0.2, -0.15) is 0 Å². The topological polar surface area (TPSA) is 51.8 Å². The van der Waals surface area contributed by atoms with Crippen LogP contribution in [0.25, 0.3) is 11.3 Å². The van der Waals surface area contributed by atoms with E-state index in [1.807, 2.05) is 0 Å².